The fourth-order valence-corrected chi connectivity index (χ4v) is 9.72. The lowest BCUT2D eigenvalue weighted by Crippen LogP contribution is -2.04. The predicted octanol–water partition coefficient (Wildman–Crippen LogP) is 13.0. The first kappa shape index (κ1) is 28.8. The van der Waals surface area contributed by atoms with Crippen LogP contribution in [0.25, 0.3) is 108 Å². The van der Waals surface area contributed by atoms with Crippen molar-refractivity contribution in [3.63, 3.8) is 0 Å². The molecule has 0 saturated carbocycles. The summed E-state index contributed by atoms with van der Waals surface area (Å²) in [4.78, 5) is 10.9. The molecular formula is C48H28N4S. The van der Waals surface area contributed by atoms with Crippen molar-refractivity contribution in [3.8, 4) is 22.9 Å². The zero-order valence-corrected chi connectivity index (χ0v) is 29.2. The minimum absolute atomic E-state index is 0.657. The highest BCUT2D eigenvalue weighted by Gasteiger charge is 2.23. The van der Waals surface area contributed by atoms with E-state index in [2.05, 4.69) is 179 Å². The Labute approximate surface area is 307 Å². The van der Waals surface area contributed by atoms with Crippen LogP contribution >= 0.6 is 11.3 Å². The first-order valence-electron chi connectivity index (χ1n) is 17.9. The van der Waals surface area contributed by atoms with Crippen molar-refractivity contribution >= 4 is 96.8 Å². The van der Waals surface area contributed by atoms with Crippen LogP contribution in [0.2, 0.25) is 0 Å². The third-order valence-electron chi connectivity index (χ3n) is 10.9. The van der Waals surface area contributed by atoms with Crippen LogP contribution in [-0.2, 0) is 0 Å². The summed E-state index contributed by atoms with van der Waals surface area (Å²) in [5.74, 6) is 0.657. The molecular weight excluding hydrogens is 665 g/mol. The van der Waals surface area contributed by atoms with Gasteiger partial charge >= 0.3 is 0 Å². The van der Waals surface area contributed by atoms with E-state index in [9.17, 15) is 0 Å². The summed E-state index contributed by atoms with van der Waals surface area (Å²) in [6, 6.07) is 61.1. The van der Waals surface area contributed by atoms with Gasteiger partial charge in [-0.15, -0.1) is 11.3 Å². The molecule has 0 unspecified atom stereocenters. The maximum atomic E-state index is 5.53. The Morgan fingerprint density at radius 1 is 0.396 bits per heavy atom. The number of nitrogens with zero attached hydrogens (tertiary/aromatic N) is 4. The van der Waals surface area contributed by atoms with Crippen LogP contribution in [-0.4, -0.2) is 19.1 Å². The highest BCUT2D eigenvalue weighted by Crippen LogP contribution is 2.43. The normalized spacial score (nSPS) is 12.2. The lowest BCUT2D eigenvalue weighted by atomic mass is 10.0. The van der Waals surface area contributed by atoms with Crippen LogP contribution in [0, 0.1) is 0 Å². The molecule has 0 fully saturated rings. The minimum Gasteiger partial charge on any atom is -0.307 e. The average molecular weight is 693 g/mol. The number of thiophene rings is 1. The maximum absolute atomic E-state index is 5.53. The molecule has 0 spiro atoms. The van der Waals surface area contributed by atoms with Crippen molar-refractivity contribution in [1.82, 2.24) is 19.1 Å². The number of rotatable bonds is 3. The number of fused-ring (bicyclic) bond motifs is 12. The number of hydrogen-bond donors (Lipinski definition) is 0. The molecule has 0 aliphatic carbocycles. The minimum atomic E-state index is 0.657. The zero-order valence-electron chi connectivity index (χ0n) is 28.4. The first-order chi connectivity index (χ1) is 26.3. The van der Waals surface area contributed by atoms with Crippen LogP contribution < -0.4 is 0 Å². The molecule has 4 aromatic heterocycles. The van der Waals surface area contributed by atoms with Crippen molar-refractivity contribution in [3.05, 3.63) is 170 Å². The number of para-hydroxylation sites is 4. The van der Waals surface area contributed by atoms with E-state index in [1.165, 1.54) is 58.0 Å². The number of aromatic nitrogens is 4. The fraction of sp³-hybridized carbons (Fsp3) is 0. The molecule has 4 nitrogen and oxygen atoms in total. The van der Waals surface area contributed by atoms with E-state index in [0.717, 1.165) is 44.4 Å². The first-order valence-corrected chi connectivity index (χ1v) is 18.7. The Morgan fingerprint density at radius 3 is 1.75 bits per heavy atom. The lowest BCUT2D eigenvalue weighted by molar-refractivity contribution is 1.01. The van der Waals surface area contributed by atoms with Gasteiger partial charge in [0.25, 0.3) is 0 Å². The molecule has 8 aromatic carbocycles. The molecule has 0 aliphatic heterocycles. The van der Waals surface area contributed by atoms with Crippen LogP contribution in [0.5, 0.6) is 0 Å². The molecule has 0 aliphatic rings. The van der Waals surface area contributed by atoms with Crippen LogP contribution in [0.15, 0.2) is 170 Å². The molecule has 12 aromatic rings. The van der Waals surface area contributed by atoms with E-state index in [1.807, 2.05) is 11.3 Å². The zero-order chi connectivity index (χ0) is 34.6. The number of benzene rings is 8. The Bertz CT molecular complexity index is 3460. The van der Waals surface area contributed by atoms with E-state index in [0.29, 0.717) is 5.95 Å². The quantitative estimate of drug-likeness (QED) is 0.185. The molecule has 0 radical (unpaired) electrons. The van der Waals surface area contributed by atoms with E-state index < -0.39 is 0 Å². The van der Waals surface area contributed by atoms with Crippen molar-refractivity contribution in [1.29, 1.82) is 0 Å². The summed E-state index contributed by atoms with van der Waals surface area (Å²) in [5.41, 5.74) is 8.52. The van der Waals surface area contributed by atoms with Gasteiger partial charge in [-0.25, -0.2) is 9.97 Å². The van der Waals surface area contributed by atoms with Gasteiger partial charge in [0.2, 0.25) is 5.95 Å². The van der Waals surface area contributed by atoms with Crippen LogP contribution in [0.1, 0.15) is 0 Å². The van der Waals surface area contributed by atoms with Gasteiger partial charge in [-0.05, 0) is 59.3 Å². The highest BCUT2D eigenvalue weighted by atomic mass is 32.1. The molecule has 4 heterocycles. The van der Waals surface area contributed by atoms with Gasteiger partial charge in [0.05, 0.1) is 33.3 Å². The Hall–Kier alpha value is -6.82. The third-order valence-corrected chi connectivity index (χ3v) is 12.0. The lowest BCUT2D eigenvalue weighted by Gasteiger charge is -2.14. The second kappa shape index (κ2) is 10.8. The van der Waals surface area contributed by atoms with Gasteiger partial charge < -0.3 is 4.57 Å². The van der Waals surface area contributed by atoms with Gasteiger partial charge in [0.1, 0.15) is 0 Å². The van der Waals surface area contributed by atoms with Crippen molar-refractivity contribution in [2.45, 2.75) is 0 Å². The molecule has 53 heavy (non-hydrogen) atoms. The van der Waals surface area contributed by atoms with Crippen molar-refractivity contribution < 1.29 is 0 Å². The molecule has 0 atom stereocenters. The summed E-state index contributed by atoms with van der Waals surface area (Å²) in [6.45, 7) is 0. The van der Waals surface area contributed by atoms with E-state index in [4.69, 9.17) is 9.97 Å². The molecule has 0 bridgehead atoms. The molecule has 0 saturated heterocycles. The van der Waals surface area contributed by atoms with Gasteiger partial charge in [-0.2, -0.15) is 0 Å². The third kappa shape index (κ3) is 4.11. The topological polar surface area (TPSA) is 35.6 Å². The SMILES string of the molecule is c1ccc(-n2c3ccccc3c3ccc4c5ccccc5n(-c5nc(-c6ccc7c(c6)sc6cc8ccccc8cc67)c6ccccc6n5)c4c32)cc1. The van der Waals surface area contributed by atoms with Gasteiger partial charge in [-0.3, -0.25) is 4.57 Å². The summed E-state index contributed by atoms with van der Waals surface area (Å²) < 4.78 is 7.25. The second-order valence-electron chi connectivity index (χ2n) is 13.8. The molecule has 5 heteroatoms. The average Bonchev–Trinajstić information content (AvgIpc) is 3.87. The summed E-state index contributed by atoms with van der Waals surface area (Å²) in [6.07, 6.45) is 0. The van der Waals surface area contributed by atoms with Crippen molar-refractivity contribution in [2.75, 3.05) is 0 Å². The second-order valence-corrected chi connectivity index (χ2v) is 14.9. The summed E-state index contributed by atoms with van der Waals surface area (Å²) in [7, 11) is 0. The van der Waals surface area contributed by atoms with Gasteiger partial charge in [0, 0.05) is 58.4 Å². The molecule has 246 valence electrons. The fourth-order valence-electron chi connectivity index (χ4n) is 8.55. The highest BCUT2D eigenvalue weighted by molar-refractivity contribution is 7.25. The number of hydrogen-bond acceptors (Lipinski definition) is 3. The summed E-state index contributed by atoms with van der Waals surface area (Å²) >= 11 is 1.85. The molecule has 0 amide bonds. The van der Waals surface area contributed by atoms with Gasteiger partial charge in [0.15, 0.2) is 0 Å². The van der Waals surface area contributed by atoms with E-state index in [-0.39, 0.29) is 0 Å². The largest absolute Gasteiger partial charge is 0.307 e. The van der Waals surface area contributed by atoms with Crippen LogP contribution in [0.3, 0.4) is 0 Å². The van der Waals surface area contributed by atoms with E-state index >= 15 is 0 Å². The maximum Gasteiger partial charge on any atom is 0.235 e. The summed E-state index contributed by atoms with van der Waals surface area (Å²) in [5, 5.41) is 10.9. The monoisotopic (exact) mass is 692 g/mol. The van der Waals surface area contributed by atoms with Crippen molar-refractivity contribution in [2.24, 2.45) is 0 Å². The molecule has 0 N–H and O–H groups in total. The van der Waals surface area contributed by atoms with E-state index in [1.54, 1.807) is 0 Å². The Kier molecular flexibility index (Phi) is 5.90. The smallest absolute Gasteiger partial charge is 0.235 e. The predicted molar refractivity (Wildman–Crippen MR) is 224 cm³/mol. The molecule has 12 rings (SSSR count). The van der Waals surface area contributed by atoms with Gasteiger partial charge in [-0.1, -0.05) is 121 Å². The Morgan fingerprint density at radius 2 is 0.981 bits per heavy atom. The van der Waals surface area contributed by atoms with Crippen LogP contribution in [0.4, 0.5) is 0 Å². The Balaban J connectivity index is 1.18. The standard InChI is InChI=1S/C48H28N4S/c1-2-14-32(15-3-1)51-41-20-10-7-16-33(41)36-24-25-37-34-17-8-11-21-42(34)52(47(37)46(36)51)48-49-40-19-9-6-18-38(40)45(50-48)31-22-23-35-39-26-29-12-4-5-13-30(29)27-44(39)53-43(35)28-31/h1-28H.